The Balaban J connectivity index is 1.79. The van der Waals surface area contributed by atoms with Crippen LogP contribution < -0.4 is 5.32 Å². The first-order chi connectivity index (χ1) is 9.83. The molecule has 2 heterocycles. The number of pyridine rings is 1. The van der Waals surface area contributed by atoms with Gasteiger partial charge in [-0.2, -0.15) is 0 Å². The van der Waals surface area contributed by atoms with E-state index in [1.807, 2.05) is 53.9 Å². The second-order valence-corrected chi connectivity index (χ2v) is 5.15. The lowest BCUT2D eigenvalue weighted by Crippen LogP contribution is -2.10. The molecule has 3 aromatic rings. The normalized spacial score (nSPS) is 10.2. The maximum absolute atomic E-state index is 12.1. The summed E-state index contributed by atoms with van der Waals surface area (Å²) in [6, 6.07) is 17.3. The number of carbonyl (C=O) groups excluding carboxylic acids is 1. The maximum Gasteiger partial charge on any atom is 0.266 e. The van der Waals surface area contributed by atoms with Crippen molar-refractivity contribution >= 4 is 23.1 Å². The molecule has 1 N–H and O–H groups in total. The van der Waals surface area contributed by atoms with Crippen LogP contribution >= 0.6 is 11.3 Å². The van der Waals surface area contributed by atoms with Gasteiger partial charge in [0.2, 0.25) is 0 Å². The van der Waals surface area contributed by atoms with E-state index in [1.54, 1.807) is 12.3 Å². The zero-order valence-corrected chi connectivity index (χ0v) is 11.4. The number of nitrogens with one attached hydrogen (secondary N) is 1. The van der Waals surface area contributed by atoms with E-state index in [0.29, 0.717) is 10.7 Å². The summed E-state index contributed by atoms with van der Waals surface area (Å²) in [6.07, 6.45) is 1.65. The molecule has 0 aliphatic rings. The molecule has 0 radical (unpaired) electrons. The Bertz CT molecular complexity index is 708. The van der Waals surface area contributed by atoms with E-state index >= 15 is 0 Å². The molecule has 3 nitrogen and oxygen atoms in total. The lowest BCUT2D eigenvalue weighted by molar-refractivity contribution is 0.103. The highest BCUT2D eigenvalue weighted by Crippen LogP contribution is 2.25. The average molecular weight is 280 g/mol. The molecule has 0 spiro atoms. The predicted octanol–water partition coefficient (Wildman–Crippen LogP) is 4.06. The highest BCUT2D eigenvalue weighted by molar-refractivity contribution is 7.12. The fourth-order valence-corrected chi connectivity index (χ4v) is 2.66. The van der Waals surface area contributed by atoms with Gasteiger partial charge in [-0.1, -0.05) is 36.4 Å². The minimum absolute atomic E-state index is 0.129. The number of aromatic nitrogens is 1. The first kappa shape index (κ1) is 12.6. The van der Waals surface area contributed by atoms with Gasteiger partial charge < -0.3 is 5.32 Å². The highest BCUT2D eigenvalue weighted by Gasteiger charge is 2.10. The van der Waals surface area contributed by atoms with Crippen LogP contribution in [-0.2, 0) is 0 Å². The van der Waals surface area contributed by atoms with Gasteiger partial charge in [0.05, 0.1) is 4.88 Å². The predicted molar refractivity (Wildman–Crippen MR) is 81.9 cm³/mol. The smallest absolute Gasteiger partial charge is 0.266 e. The Morgan fingerprint density at radius 2 is 1.80 bits per heavy atom. The van der Waals surface area contributed by atoms with Crippen LogP contribution in [0, 0.1) is 0 Å². The SMILES string of the molecule is O=C(Nc1ccccn1)c1cc(-c2ccccc2)cs1. The van der Waals surface area contributed by atoms with Gasteiger partial charge in [0, 0.05) is 6.20 Å². The van der Waals surface area contributed by atoms with Crippen LogP contribution in [0.1, 0.15) is 9.67 Å². The van der Waals surface area contributed by atoms with Gasteiger partial charge in [-0.25, -0.2) is 4.98 Å². The van der Waals surface area contributed by atoms with E-state index in [-0.39, 0.29) is 5.91 Å². The monoisotopic (exact) mass is 280 g/mol. The zero-order valence-electron chi connectivity index (χ0n) is 10.6. The molecule has 0 unspecified atom stereocenters. The van der Waals surface area contributed by atoms with Crippen LogP contribution in [0.2, 0.25) is 0 Å². The van der Waals surface area contributed by atoms with Crippen molar-refractivity contribution in [1.82, 2.24) is 4.98 Å². The second-order valence-electron chi connectivity index (χ2n) is 4.23. The summed E-state index contributed by atoms with van der Waals surface area (Å²) >= 11 is 1.43. The van der Waals surface area contributed by atoms with Crippen molar-refractivity contribution in [2.24, 2.45) is 0 Å². The standard InChI is InChI=1S/C16H12N2OS/c19-16(18-15-8-4-5-9-17-15)14-10-13(11-20-14)12-6-2-1-3-7-12/h1-11H,(H,17,18,19). The Kier molecular flexibility index (Phi) is 3.56. The second kappa shape index (κ2) is 5.67. The Labute approximate surface area is 120 Å². The minimum atomic E-state index is -0.129. The van der Waals surface area contributed by atoms with Crippen molar-refractivity contribution in [3.05, 3.63) is 71.1 Å². The molecule has 0 aliphatic heterocycles. The van der Waals surface area contributed by atoms with Crippen molar-refractivity contribution in [3.8, 4) is 11.1 Å². The molecular weight excluding hydrogens is 268 g/mol. The third-order valence-corrected chi connectivity index (χ3v) is 3.77. The minimum Gasteiger partial charge on any atom is -0.306 e. The lowest BCUT2D eigenvalue weighted by Gasteiger charge is -2.01. The molecule has 0 saturated heterocycles. The number of benzene rings is 1. The Hall–Kier alpha value is -2.46. The fraction of sp³-hybridized carbons (Fsp3) is 0. The zero-order chi connectivity index (χ0) is 13.8. The lowest BCUT2D eigenvalue weighted by atomic mass is 10.1. The van der Waals surface area contributed by atoms with Crippen LogP contribution in [0.15, 0.2) is 66.2 Å². The summed E-state index contributed by atoms with van der Waals surface area (Å²) in [6.45, 7) is 0. The van der Waals surface area contributed by atoms with Crippen molar-refractivity contribution < 1.29 is 4.79 Å². The van der Waals surface area contributed by atoms with Crippen LogP contribution in [0.4, 0.5) is 5.82 Å². The Morgan fingerprint density at radius 3 is 2.55 bits per heavy atom. The summed E-state index contributed by atoms with van der Waals surface area (Å²) in [5.74, 6) is 0.433. The van der Waals surface area contributed by atoms with Gasteiger partial charge in [0.1, 0.15) is 5.82 Å². The van der Waals surface area contributed by atoms with Crippen molar-refractivity contribution in [1.29, 1.82) is 0 Å². The third kappa shape index (κ3) is 2.75. The summed E-state index contributed by atoms with van der Waals surface area (Å²) < 4.78 is 0. The highest BCUT2D eigenvalue weighted by atomic mass is 32.1. The van der Waals surface area contributed by atoms with E-state index < -0.39 is 0 Å². The molecule has 1 aromatic carbocycles. The number of amides is 1. The maximum atomic E-state index is 12.1. The molecule has 1 amide bonds. The summed E-state index contributed by atoms with van der Waals surface area (Å²) in [5.41, 5.74) is 2.17. The number of anilines is 1. The molecule has 0 saturated carbocycles. The largest absolute Gasteiger partial charge is 0.306 e. The summed E-state index contributed by atoms with van der Waals surface area (Å²) in [7, 11) is 0. The van der Waals surface area contributed by atoms with Gasteiger partial charge >= 0.3 is 0 Å². The van der Waals surface area contributed by atoms with Crippen LogP contribution in [-0.4, -0.2) is 10.9 Å². The van der Waals surface area contributed by atoms with Crippen LogP contribution in [0.25, 0.3) is 11.1 Å². The quantitative estimate of drug-likeness (QED) is 0.786. The van der Waals surface area contributed by atoms with Crippen LogP contribution in [0.3, 0.4) is 0 Å². The van der Waals surface area contributed by atoms with E-state index in [2.05, 4.69) is 10.3 Å². The van der Waals surface area contributed by atoms with Gasteiger partial charge in [0.15, 0.2) is 0 Å². The molecule has 2 aromatic heterocycles. The molecule has 20 heavy (non-hydrogen) atoms. The molecule has 3 rings (SSSR count). The molecule has 0 bridgehead atoms. The number of hydrogen-bond acceptors (Lipinski definition) is 3. The number of nitrogens with zero attached hydrogens (tertiary/aromatic N) is 1. The van der Waals surface area contributed by atoms with Gasteiger partial charge in [-0.15, -0.1) is 11.3 Å². The molecular formula is C16H12N2OS. The number of carbonyl (C=O) groups is 1. The van der Waals surface area contributed by atoms with Crippen molar-refractivity contribution in [2.75, 3.05) is 5.32 Å². The molecule has 98 valence electrons. The van der Waals surface area contributed by atoms with E-state index in [4.69, 9.17) is 0 Å². The number of thiophene rings is 1. The first-order valence-electron chi connectivity index (χ1n) is 6.19. The van der Waals surface area contributed by atoms with Gasteiger partial charge in [0.25, 0.3) is 5.91 Å². The van der Waals surface area contributed by atoms with Crippen molar-refractivity contribution in [3.63, 3.8) is 0 Å². The van der Waals surface area contributed by atoms with E-state index in [9.17, 15) is 4.79 Å². The van der Waals surface area contributed by atoms with Crippen LogP contribution in [0.5, 0.6) is 0 Å². The summed E-state index contributed by atoms with van der Waals surface area (Å²) in [5, 5.41) is 4.77. The van der Waals surface area contributed by atoms with E-state index in [0.717, 1.165) is 11.1 Å². The third-order valence-electron chi connectivity index (χ3n) is 2.84. The van der Waals surface area contributed by atoms with Crippen molar-refractivity contribution in [2.45, 2.75) is 0 Å². The average Bonchev–Trinajstić information content (AvgIpc) is 2.99. The first-order valence-corrected chi connectivity index (χ1v) is 7.07. The number of hydrogen-bond donors (Lipinski definition) is 1. The topological polar surface area (TPSA) is 42.0 Å². The Morgan fingerprint density at radius 1 is 1.00 bits per heavy atom. The van der Waals surface area contributed by atoms with Gasteiger partial charge in [-0.05, 0) is 34.7 Å². The van der Waals surface area contributed by atoms with E-state index in [1.165, 1.54) is 11.3 Å². The number of rotatable bonds is 3. The molecule has 0 atom stereocenters. The molecule has 0 fully saturated rings. The van der Waals surface area contributed by atoms with Gasteiger partial charge in [-0.3, -0.25) is 4.79 Å². The molecule has 0 aliphatic carbocycles. The fourth-order valence-electron chi connectivity index (χ4n) is 1.85. The summed E-state index contributed by atoms with van der Waals surface area (Å²) in [4.78, 5) is 16.9. The molecule has 4 heteroatoms.